The van der Waals surface area contributed by atoms with E-state index in [0.717, 1.165) is 37.4 Å². The Morgan fingerprint density at radius 3 is 2.09 bits per heavy atom. The van der Waals surface area contributed by atoms with Gasteiger partial charge >= 0.3 is 0 Å². The summed E-state index contributed by atoms with van der Waals surface area (Å²) in [6.45, 7) is 0.440. The third-order valence-electron chi connectivity index (χ3n) is 3.37. The number of hydrogen-bond acceptors (Lipinski definition) is 5. The molecular formula is C17H21N3O2. The van der Waals surface area contributed by atoms with E-state index >= 15 is 0 Å². The molecule has 0 unspecified atom stereocenters. The summed E-state index contributed by atoms with van der Waals surface area (Å²) in [6, 6.07) is 11.6. The Hall–Kier alpha value is -2.27. The van der Waals surface area contributed by atoms with Crippen molar-refractivity contribution in [2.45, 2.75) is 25.7 Å². The molecule has 0 aromatic carbocycles. The lowest BCUT2D eigenvalue weighted by atomic mass is 10.1. The highest BCUT2D eigenvalue weighted by Crippen LogP contribution is 2.21. The van der Waals surface area contributed by atoms with Gasteiger partial charge in [-0.3, -0.25) is 4.79 Å². The van der Waals surface area contributed by atoms with Crippen molar-refractivity contribution in [2.24, 2.45) is 0 Å². The molecule has 0 aliphatic carbocycles. The van der Waals surface area contributed by atoms with Crippen LogP contribution in [-0.4, -0.2) is 34.0 Å². The van der Waals surface area contributed by atoms with Crippen LogP contribution in [0.3, 0.4) is 0 Å². The van der Waals surface area contributed by atoms with Crippen LogP contribution < -0.4 is 4.90 Å². The monoisotopic (exact) mass is 299 g/mol. The molecular weight excluding hydrogens is 278 g/mol. The molecule has 2 aromatic heterocycles. The van der Waals surface area contributed by atoms with Crippen molar-refractivity contribution in [1.29, 1.82) is 0 Å². The zero-order chi connectivity index (χ0) is 15.6. The Morgan fingerprint density at radius 2 is 1.59 bits per heavy atom. The van der Waals surface area contributed by atoms with Gasteiger partial charge in [-0.25, -0.2) is 9.97 Å². The van der Waals surface area contributed by atoms with E-state index in [0.29, 0.717) is 6.42 Å². The fourth-order valence-electron chi connectivity index (χ4n) is 2.22. The van der Waals surface area contributed by atoms with E-state index in [9.17, 15) is 4.79 Å². The molecule has 116 valence electrons. The van der Waals surface area contributed by atoms with Crippen LogP contribution in [0.15, 0.2) is 48.8 Å². The maximum absolute atomic E-state index is 11.1. The first-order chi connectivity index (χ1) is 10.8. The van der Waals surface area contributed by atoms with Crippen molar-refractivity contribution in [3.63, 3.8) is 0 Å². The molecule has 5 heteroatoms. The van der Waals surface area contributed by atoms with E-state index in [1.807, 2.05) is 36.4 Å². The second kappa shape index (κ2) is 8.89. The van der Waals surface area contributed by atoms with E-state index in [1.165, 1.54) is 0 Å². The Labute approximate surface area is 130 Å². The number of anilines is 2. The first-order valence-corrected chi connectivity index (χ1v) is 7.53. The summed E-state index contributed by atoms with van der Waals surface area (Å²) < 4.78 is 0. The van der Waals surface area contributed by atoms with Gasteiger partial charge in [0, 0.05) is 25.4 Å². The molecule has 0 atom stereocenters. The third kappa shape index (κ3) is 4.93. The summed E-state index contributed by atoms with van der Waals surface area (Å²) in [6.07, 6.45) is 6.66. The van der Waals surface area contributed by atoms with Gasteiger partial charge in [0.25, 0.3) is 0 Å². The minimum atomic E-state index is -0.353. The predicted molar refractivity (Wildman–Crippen MR) is 86.0 cm³/mol. The number of aromatic nitrogens is 2. The molecule has 0 aliphatic rings. The van der Waals surface area contributed by atoms with E-state index in [1.54, 1.807) is 12.4 Å². The molecule has 0 saturated carbocycles. The van der Waals surface area contributed by atoms with E-state index in [-0.39, 0.29) is 12.4 Å². The highest BCUT2D eigenvalue weighted by atomic mass is 16.3. The Kier molecular flexibility index (Phi) is 6.51. The molecule has 22 heavy (non-hydrogen) atoms. The molecule has 5 nitrogen and oxygen atoms in total. The van der Waals surface area contributed by atoms with Crippen LogP contribution in [0.5, 0.6) is 0 Å². The summed E-state index contributed by atoms with van der Waals surface area (Å²) in [4.78, 5) is 21.9. The first-order valence-electron chi connectivity index (χ1n) is 7.53. The second-order valence-corrected chi connectivity index (χ2v) is 5.03. The highest BCUT2D eigenvalue weighted by molar-refractivity contribution is 5.79. The quantitative estimate of drug-likeness (QED) is 0.721. The van der Waals surface area contributed by atoms with Gasteiger partial charge in [0.05, 0.1) is 0 Å². The number of carbonyl (C=O) groups is 1. The lowest BCUT2D eigenvalue weighted by molar-refractivity contribution is -0.121. The first kappa shape index (κ1) is 16.1. The van der Waals surface area contributed by atoms with Gasteiger partial charge < -0.3 is 10.0 Å². The molecule has 0 bridgehead atoms. The highest BCUT2D eigenvalue weighted by Gasteiger charge is 2.10. The van der Waals surface area contributed by atoms with Gasteiger partial charge in [0.15, 0.2) is 5.78 Å². The second-order valence-electron chi connectivity index (χ2n) is 5.03. The topological polar surface area (TPSA) is 66.3 Å². The predicted octanol–water partition coefficient (Wildman–Crippen LogP) is 2.74. The molecule has 0 amide bonds. The van der Waals surface area contributed by atoms with Crippen LogP contribution >= 0.6 is 0 Å². The van der Waals surface area contributed by atoms with Crippen LogP contribution in [0, 0.1) is 0 Å². The molecule has 2 aromatic rings. The Balaban J connectivity index is 1.93. The number of carbonyl (C=O) groups excluding carboxylic acids is 1. The molecule has 0 fully saturated rings. The number of nitrogens with zero attached hydrogens (tertiary/aromatic N) is 3. The van der Waals surface area contributed by atoms with Crippen LogP contribution in [0.4, 0.5) is 11.6 Å². The van der Waals surface area contributed by atoms with Crippen LogP contribution in [0.1, 0.15) is 25.7 Å². The number of rotatable bonds is 9. The van der Waals surface area contributed by atoms with E-state index < -0.39 is 0 Å². The van der Waals surface area contributed by atoms with Crippen molar-refractivity contribution in [3.05, 3.63) is 48.8 Å². The number of aliphatic hydroxyl groups excluding tert-OH is 1. The summed E-state index contributed by atoms with van der Waals surface area (Å²) in [5.74, 6) is 1.64. The average Bonchev–Trinajstić information content (AvgIpc) is 2.59. The van der Waals surface area contributed by atoms with Gasteiger partial charge in [-0.1, -0.05) is 18.6 Å². The van der Waals surface area contributed by atoms with Crippen molar-refractivity contribution in [2.75, 3.05) is 18.1 Å². The number of hydrogen-bond donors (Lipinski definition) is 1. The Bertz CT molecular complexity index is 521. The summed E-state index contributed by atoms with van der Waals surface area (Å²) in [5.41, 5.74) is 0. The van der Waals surface area contributed by atoms with Crippen molar-refractivity contribution in [1.82, 2.24) is 9.97 Å². The molecule has 1 N–H and O–H groups in total. The maximum Gasteiger partial charge on any atom is 0.158 e. The molecule has 0 aliphatic heterocycles. The van der Waals surface area contributed by atoms with Crippen molar-refractivity contribution >= 4 is 17.4 Å². The number of unbranched alkanes of at least 4 members (excludes halogenated alkanes) is 2. The molecule has 0 spiro atoms. The molecule has 2 rings (SSSR count). The lowest BCUT2D eigenvalue weighted by Crippen LogP contribution is -2.20. The van der Waals surface area contributed by atoms with E-state index in [2.05, 4.69) is 14.9 Å². The van der Waals surface area contributed by atoms with Gasteiger partial charge in [0.2, 0.25) is 0 Å². The molecule has 2 heterocycles. The van der Waals surface area contributed by atoms with Crippen LogP contribution in [0.2, 0.25) is 0 Å². The normalized spacial score (nSPS) is 10.4. The summed E-state index contributed by atoms with van der Waals surface area (Å²) in [7, 11) is 0. The van der Waals surface area contributed by atoms with Crippen LogP contribution in [0.25, 0.3) is 0 Å². The molecule has 0 saturated heterocycles. The number of pyridine rings is 2. The van der Waals surface area contributed by atoms with Gasteiger partial charge in [-0.2, -0.15) is 0 Å². The minimum absolute atomic E-state index is 0.0914. The lowest BCUT2D eigenvalue weighted by Gasteiger charge is -2.22. The smallest absolute Gasteiger partial charge is 0.158 e. The zero-order valence-electron chi connectivity index (χ0n) is 12.6. The summed E-state index contributed by atoms with van der Waals surface area (Å²) in [5, 5.41) is 8.70. The number of ketones is 1. The van der Waals surface area contributed by atoms with Gasteiger partial charge in [-0.05, 0) is 37.1 Å². The zero-order valence-corrected chi connectivity index (χ0v) is 12.6. The SMILES string of the molecule is O=C(CO)CCCCCN(c1ccccn1)c1ccccn1. The minimum Gasteiger partial charge on any atom is -0.389 e. The van der Waals surface area contributed by atoms with Crippen molar-refractivity contribution < 1.29 is 9.90 Å². The standard InChI is InChI=1S/C17H21N3O2/c21-14-15(22)8-2-1-7-13-20(16-9-3-5-11-18-16)17-10-4-6-12-19-17/h3-6,9-12,21H,1-2,7-8,13-14H2. The Morgan fingerprint density at radius 1 is 0.955 bits per heavy atom. The fraction of sp³-hybridized carbons (Fsp3) is 0.353. The van der Waals surface area contributed by atoms with Gasteiger partial charge in [0.1, 0.15) is 18.2 Å². The largest absolute Gasteiger partial charge is 0.389 e. The number of Topliss-reactive ketones (excluding diaryl/α,β-unsaturated/α-hetero) is 1. The third-order valence-corrected chi connectivity index (χ3v) is 3.37. The average molecular weight is 299 g/mol. The van der Waals surface area contributed by atoms with Crippen molar-refractivity contribution in [3.8, 4) is 0 Å². The number of aliphatic hydroxyl groups is 1. The fourth-order valence-corrected chi connectivity index (χ4v) is 2.22. The molecule has 0 radical (unpaired) electrons. The van der Waals surface area contributed by atoms with Gasteiger partial charge in [-0.15, -0.1) is 0 Å². The van der Waals surface area contributed by atoms with Crippen LogP contribution in [-0.2, 0) is 4.79 Å². The maximum atomic E-state index is 11.1. The summed E-state index contributed by atoms with van der Waals surface area (Å²) >= 11 is 0. The van der Waals surface area contributed by atoms with E-state index in [4.69, 9.17) is 5.11 Å².